The van der Waals surface area contributed by atoms with E-state index >= 15 is 0 Å². The summed E-state index contributed by atoms with van der Waals surface area (Å²) in [6.07, 6.45) is 1.24. The summed E-state index contributed by atoms with van der Waals surface area (Å²) in [7, 11) is 0. The van der Waals surface area contributed by atoms with Gasteiger partial charge in [-0.15, -0.1) is 16.4 Å². The van der Waals surface area contributed by atoms with Crippen LogP contribution in [0.4, 0.5) is 0 Å². The molecule has 3 aromatic rings. The van der Waals surface area contributed by atoms with Gasteiger partial charge in [-0.25, -0.2) is 9.67 Å². The second-order valence-electron chi connectivity index (χ2n) is 5.73. The predicted octanol–water partition coefficient (Wildman–Crippen LogP) is 3.03. The van der Waals surface area contributed by atoms with Gasteiger partial charge in [0.1, 0.15) is 0 Å². The van der Waals surface area contributed by atoms with Crippen LogP contribution < -0.4 is 10.1 Å². The summed E-state index contributed by atoms with van der Waals surface area (Å²) in [5.41, 5.74) is 2.67. The minimum absolute atomic E-state index is 0.195. The smallest absolute Gasteiger partial charge is 0.261 e. The zero-order valence-electron chi connectivity index (χ0n) is 14.4. The Labute approximate surface area is 150 Å². The number of amides is 1. The third kappa shape index (κ3) is 4.24. The van der Waals surface area contributed by atoms with E-state index in [1.165, 1.54) is 0 Å². The molecular formula is C18H20N4O2S. The Bertz CT molecular complexity index is 857. The zero-order chi connectivity index (χ0) is 17.8. The van der Waals surface area contributed by atoms with E-state index in [9.17, 15) is 4.79 Å². The molecule has 0 aliphatic carbocycles. The molecule has 130 valence electrons. The molecule has 3 rings (SSSR count). The molecule has 6 nitrogen and oxygen atoms in total. The molecule has 0 aliphatic heterocycles. The topological polar surface area (TPSA) is 69.0 Å². The van der Waals surface area contributed by atoms with Gasteiger partial charge >= 0.3 is 0 Å². The molecule has 0 unspecified atom stereocenters. The maximum absolute atomic E-state index is 12.2. The minimum atomic E-state index is -0.641. The second kappa shape index (κ2) is 7.48. The first kappa shape index (κ1) is 17.2. The van der Waals surface area contributed by atoms with Crippen LogP contribution in [0, 0.1) is 13.8 Å². The zero-order valence-corrected chi connectivity index (χ0v) is 15.2. The minimum Gasteiger partial charge on any atom is -0.463 e. The van der Waals surface area contributed by atoms with Crippen molar-refractivity contribution in [1.82, 2.24) is 20.1 Å². The molecule has 7 heteroatoms. The molecule has 2 heterocycles. The highest BCUT2D eigenvalue weighted by Gasteiger charge is 2.18. The molecule has 0 radical (unpaired) electrons. The molecule has 1 atom stereocenters. The Morgan fingerprint density at radius 1 is 1.32 bits per heavy atom. The van der Waals surface area contributed by atoms with Gasteiger partial charge in [0.25, 0.3) is 5.91 Å². The lowest BCUT2D eigenvalue weighted by Crippen LogP contribution is -2.36. The molecule has 0 saturated heterocycles. The third-order valence-electron chi connectivity index (χ3n) is 3.64. The van der Waals surface area contributed by atoms with Crippen LogP contribution in [0.5, 0.6) is 5.88 Å². The number of thiazole rings is 1. The highest BCUT2D eigenvalue weighted by atomic mass is 32.1. The number of carbonyl (C=O) groups is 1. The number of hydrogen-bond donors (Lipinski definition) is 1. The number of aromatic nitrogens is 3. The van der Waals surface area contributed by atoms with Crippen LogP contribution in [0.1, 0.15) is 23.2 Å². The van der Waals surface area contributed by atoms with E-state index in [0.29, 0.717) is 12.4 Å². The van der Waals surface area contributed by atoms with Crippen molar-refractivity contribution >= 4 is 17.2 Å². The van der Waals surface area contributed by atoms with Gasteiger partial charge in [-0.1, -0.05) is 18.2 Å². The first-order chi connectivity index (χ1) is 12.0. The third-order valence-corrected chi connectivity index (χ3v) is 4.46. The number of hydrogen-bond acceptors (Lipinski definition) is 5. The summed E-state index contributed by atoms with van der Waals surface area (Å²) in [6.45, 7) is 5.95. The monoisotopic (exact) mass is 356 g/mol. The Kier molecular flexibility index (Phi) is 5.14. The van der Waals surface area contributed by atoms with Gasteiger partial charge in [0.15, 0.2) is 6.10 Å². The van der Waals surface area contributed by atoms with Crippen LogP contribution in [0.2, 0.25) is 0 Å². The van der Waals surface area contributed by atoms with Crippen molar-refractivity contribution in [2.45, 2.75) is 33.4 Å². The fourth-order valence-electron chi connectivity index (χ4n) is 2.31. The van der Waals surface area contributed by atoms with Crippen molar-refractivity contribution in [3.63, 3.8) is 0 Å². The van der Waals surface area contributed by atoms with Crippen LogP contribution in [0.3, 0.4) is 0 Å². The van der Waals surface area contributed by atoms with Gasteiger partial charge in [-0.3, -0.25) is 4.79 Å². The Morgan fingerprint density at radius 2 is 2.08 bits per heavy atom. The van der Waals surface area contributed by atoms with E-state index in [4.69, 9.17) is 4.74 Å². The molecule has 0 spiro atoms. The summed E-state index contributed by atoms with van der Waals surface area (Å²) >= 11 is 1.56. The lowest BCUT2D eigenvalue weighted by molar-refractivity contribution is -0.127. The second-order valence-corrected chi connectivity index (χ2v) is 6.80. The standard InChI is InChI=1S/C18H20N4O2S/c1-12-10-22(16-7-5-4-6-8-16)21-18(12)24-13(2)17(23)19-9-15-11-25-14(3)20-15/h4-8,10-11,13H,9H2,1-3H3,(H,19,23)/t13-/m0/s1. The van der Waals surface area contributed by atoms with Gasteiger partial charge in [0.05, 0.1) is 22.9 Å². The van der Waals surface area contributed by atoms with Crippen molar-refractivity contribution in [2.75, 3.05) is 0 Å². The summed E-state index contributed by atoms with van der Waals surface area (Å²) in [5, 5.41) is 10.2. The highest BCUT2D eigenvalue weighted by molar-refractivity contribution is 7.09. The quantitative estimate of drug-likeness (QED) is 0.737. The van der Waals surface area contributed by atoms with Gasteiger partial charge in [0, 0.05) is 17.1 Å². The number of para-hydroxylation sites is 1. The molecule has 2 aromatic heterocycles. The summed E-state index contributed by atoms with van der Waals surface area (Å²) in [5.74, 6) is 0.260. The van der Waals surface area contributed by atoms with Crippen LogP contribution >= 0.6 is 11.3 Å². The van der Waals surface area contributed by atoms with Gasteiger partial charge in [-0.05, 0) is 32.9 Å². The Balaban J connectivity index is 1.61. The molecule has 0 fully saturated rings. The molecule has 1 N–H and O–H groups in total. The molecule has 0 saturated carbocycles. The van der Waals surface area contributed by atoms with Crippen LogP contribution in [0.25, 0.3) is 5.69 Å². The molecule has 25 heavy (non-hydrogen) atoms. The van der Waals surface area contributed by atoms with E-state index in [1.54, 1.807) is 22.9 Å². The Morgan fingerprint density at radius 3 is 2.76 bits per heavy atom. The lowest BCUT2D eigenvalue weighted by atomic mass is 10.3. The summed E-state index contributed by atoms with van der Waals surface area (Å²) < 4.78 is 7.48. The molecule has 0 aliphatic rings. The number of aryl methyl sites for hydroxylation is 2. The average molecular weight is 356 g/mol. The first-order valence-electron chi connectivity index (χ1n) is 8.00. The van der Waals surface area contributed by atoms with Gasteiger partial charge in [-0.2, -0.15) is 0 Å². The van der Waals surface area contributed by atoms with E-state index in [-0.39, 0.29) is 5.91 Å². The summed E-state index contributed by atoms with van der Waals surface area (Å²) in [4.78, 5) is 16.5. The number of ether oxygens (including phenoxy) is 1. The molecular weight excluding hydrogens is 336 g/mol. The fourth-order valence-corrected chi connectivity index (χ4v) is 2.92. The van der Waals surface area contributed by atoms with E-state index in [1.807, 2.05) is 55.8 Å². The van der Waals surface area contributed by atoms with Crippen molar-refractivity contribution in [2.24, 2.45) is 0 Å². The number of nitrogens with zero attached hydrogens (tertiary/aromatic N) is 3. The number of benzene rings is 1. The first-order valence-corrected chi connectivity index (χ1v) is 8.88. The number of carbonyl (C=O) groups excluding carboxylic acids is 1. The largest absolute Gasteiger partial charge is 0.463 e. The normalized spacial score (nSPS) is 12.0. The highest BCUT2D eigenvalue weighted by Crippen LogP contribution is 2.19. The summed E-state index contributed by atoms with van der Waals surface area (Å²) in [6, 6.07) is 9.77. The average Bonchev–Trinajstić information content (AvgIpc) is 3.19. The van der Waals surface area contributed by atoms with Crippen molar-refractivity contribution in [3.05, 3.63) is 58.2 Å². The van der Waals surface area contributed by atoms with Crippen LogP contribution in [-0.4, -0.2) is 26.8 Å². The lowest BCUT2D eigenvalue weighted by Gasteiger charge is -2.13. The van der Waals surface area contributed by atoms with Crippen molar-refractivity contribution in [1.29, 1.82) is 0 Å². The SMILES string of the molecule is Cc1nc(CNC(=O)[C@H](C)Oc2nn(-c3ccccc3)cc2C)cs1. The van der Waals surface area contributed by atoms with E-state index in [0.717, 1.165) is 22.0 Å². The molecule has 1 aromatic carbocycles. The predicted molar refractivity (Wildman–Crippen MR) is 97.1 cm³/mol. The number of nitrogens with one attached hydrogen (secondary N) is 1. The van der Waals surface area contributed by atoms with E-state index < -0.39 is 6.10 Å². The van der Waals surface area contributed by atoms with E-state index in [2.05, 4.69) is 15.4 Å². The maximum atomic E-state index is 12.2. The maximum Gasteiger partial charge on any atom is 0.261 e. The number of rotatable bonds is 6. The molecule has 1 amide bonds. The van der Waals surface area contributed by atoms with Crippen LogP contribution in [-0.2, 0) is 11.3 Å². The Hall–Kier alpha value is -2.67. The van der Waals surface area contributed by atoms with Crippen molar-refractivity contribution in [3.8, 4) is 11.6 Å². The van der Waals surface area contributed by atoms with Gasteiger partial charge < -0.3 is 10.1 Å². The van der Waals surface area contributed by atoms with Crippen molar-refractivity contribution < 1.29 is 9.53 Å². The molecule has 0 bridgehead atoms. The fraction of sp³-hybridized carbons (Fsp3) is 0.278. The van der Waals surface area contributed by atoms with Gasteiger partial charge in [0.2, 0.25) is 5.88 Å². The van der Waals surface area contributed by atoms with Crippen LogP contribution in [0.15, 0.2) is 41.9 Å².